The largest absolute Gasteiger partial charge is 0.486 e. The highest BCUT2D eigenvalue weighted by Gasteiger charge is 2.13. The molecule has 2 aliphatic heterocycles. The normalized spacial score (nSPS) is 14.6. The van der Waals surface area contributed by atoms with Crippen LogP contribution in [0.25, 0.3) is 6.08 Å². The molecule has 6 nitrogen and oxygen atoms in total. The van der Waals surface area contributed by atoms with E-state index in [0.29, 0.717) is 31.3 Å². The van der Waals surface area contributed by atoms with Gasteiger partial charge in [0.2, 0.25) is 12.7 Å². The second kappa shape index (κ2) is 6.76. The number of fused-ring (bicyclic) bond motifs is 2. The topological polar surface area (TPSA) is 66.0 Å². The number of carbonyl (C=O) groups excluding carboxylic acids is 1. The van der Waals surface area contributed by atoms with Crippen molar-refractivity contribution < 1.29 is 23.7 Å². The Labute approximate surface area is 145 Å². The Morgan fingerprint density at radius 2 is 1.64 bits per heavy atom. The summed E-state index contributed by atoms with van der Waals surface area (Å²) in [5, 5.41) is 2.84. The lowest BCUT2D eigenvalue weighted by Crippen LogP contribution is -2.20. The molecule has 1 N–H and O–H groups in total. The Bertz CT molecular complexity index is 831. The van der Waals surface area contributed by atoms with Crippen LogP contribution in [0.1, 0.15) is 11.1 Å². The van der Waals surface area contributed by atoms with Gasteiger partial charge in [0.15, 0.2) is 23.0 Å². The fourth-order valence-corrected chi connectivity index (χ4v) is 2.63. The molecule has 0 unspecified atom stereocenters. The number of carbonyl (C=O) groups is 1. The summed E-state index contributed by atoms with van der Waals surface area (Å²) in [6.07, 6.45) is 3.24. The van der Waals surface area contributed by atoms with Crippen LogP contribution in [0.2, 0.25) is 0 Å². The molecule has 0 saturated heterocycles. The van der Waals surface area contributed by atoms with Gasteiger partial charge in [0, 0.05) is 12.6 Å². The molecule has 0 saturated carbocycles. The molecule has 2 aliphatic rings. The highest BCUT2D eigenvalue weighted by Crippen LogP contribution is 2.32. The van der Waals surface area contributed by atoms with Crippen LogP contribution >= 0.6 is 0 Å². The van der Waals surface area contributed by atoms with Crippen LogP contribution in [0.3, 0.4) is 0 Å². The van der Waals surface area contributed by atoms with Crippen LogP contribution in [0.5, 0.6) is 23.0 Å². The van der Waals surface area contributed by atoms with E-state index in [1.165, 1.54) is 6.08 Å². The predicted octanol–water partition coefficient (Wildman–Crippen LogP) is 2.52. The second-order valence-electron chi connectivity index (χ2n) is 5.64. The van der Waals surface area contributed by atoms with Crippen molar-refractivity contribution in [2.45, 2.75) is 6.54 Å². The van der Waals surface area contributed by atoms with E-state index < -0.39 is 0 Å². The minimum Gasteiger partial charge on any atom is -0.486 e. The number of rotatable bonds is 4. The van der Waals surface area contributed by atoms with Gasteiger partial charge in [0.1, 0.15) is 13.2 Å². The quantitative estimate of drug-likeness (QED) is 0.867. The Morgan fingerprint density at radius 3 is 2.56 bits per heavy atom. The zero-order valence-corrected chi connectivity index (χ0v) is 13.5. The number of hydrogen-bond donors (Lipinski definition) is 1. The Balaban J connectivity index is 1.35. The van der Waals surface area contributed by atoms with Crippen LogP contribution in [-0.4, -0.2) is 25.9 Å². The van der Waals surface area contributed by atoms with Crippen molar-refractivity contribution >= 4 is 12.0 Å². The summed E-state index contributed by atoms with van der Waals surface area (Å²) in [4.78, 5) is 12.0. The zero-order chi connectivity index (χ0) is 17.1. The predicted molar refractivity (Wildman–Crippen MR) is 90.9 cm³/mol. The smallest absolute Gasteiger partial charge is 0.244 e. The fraction of sp³-hybridized carbons (Fsp3) is 0.211. The van der Waals surface area contributed by atoms with E-state index in [4.69, 9.17) is 18.9 Å². The second-order valence-corrected chi connectivity index (χ2v) is 5.64. The van der Waals surface area contributed by atoms with Gasteiger partial charge < -0.3 is 24.3 Å². The summed E-state index contributed by atoms with van der Waals surface area (Å²) in [6.45, 7) is 1.75. The molecular formula is C19H17NO5. The molecule has 25 heavy (non-hydrogen) atoms. The van der Waals surface area contributed by atoms with Gasteiger partial charge >= 0.3 is 0 Å². The summed E-state index contributed by atoms with van der Waals surface area (Å²) in [5.41, 5.74) is 1.83. The summed E-state index contributed by atoms with van der Waals surface area (Å²) in [7, 11) is 0. The summed E-state index contributed by atoms with van der Waals surface area (Å²) < 4.78 is 21.6. The summed E-state index contributed by atoms with van der Waals surface area (Å²) >= 11 is 0. The molecule has 128 valence electrons. The minimum atomic E-state index is -0.174. The minimum absolute atomic E-state index is 0.174. The highest BCUT2D eigenvalue weighted by atomic mass is 16.7. The monoisotopic (exact) mass is 339 g/mol. The molecule has 2 aromatic rings. The van der Waals surface area contributed by atoms with Gasteiger partial charge in [0.05, 0.1) is 0 Å². The van der Waals surface area contributed by atoms with Crippen LogP contribution < -0.4 is 24.3 Å². The van der Waals surface area contributed by atoms with E-state index in [-0.39, 0.29) is 12.7 Å². The Kier molecular flexibility index (Phi) is 4.16. The first-order chi connectivity index (χ1) is 12.3. The van der Waals surface area contributed by atoms with Crippen molar-refractivity contribution in [2.24, 2.45) is 0 Å². The molecule has 0 aromatic heterocycles. The van der Waals surface area contributed by atoms with Crippen molar-refractivity contribution in [1.29, 1.82) is 0 Å². The van der Waals surface area contributed by atoms with Gasteiger partial charge in [-0.2, -0.15) is 0 Å². The first-order valence-corrected chi connectivity index (χ1v) is 8.02. The van der Waals surface area contributed by atoms with E-state index in [9.17, 15) is 4.79 Å². The van der Waals surface area contributed by atoms with E-state index in [2.05, 4.69) is 5.32 Å². The van der Waals surface area contributed by atoms with Gasteiger partial charge in [0.25, 0.3) is 0 Å². The van der Waals surface area contributed by atoms with Crippen LogP contribution in [0, 0.1) is 0 Å². The van der Waals surface area contributed by atoms with Crippen molar-refractivity contribution in [3.8, 4) is 23.0 Å². The summed E-state index contributed by atoms with van der Waals surface area (Å²) in [6, 6.07) is 11.2. The maximum Gasteiger partial charge on any atom is 0.244 e. The lowest BCUT2D eigenvalue weighted by molar-refractivity contribution is -0.116. The van der Waals surface area contributed by atoms with Crippen molar-refractivity contribution in [2.75, 3.05) is 20.0 Å². The van der Waals surface area contributed by atoms with Gasteiger partial charge in [-0.3, -0.25) is 4.79 Å². The molecule has 2 aromatic carbocycles. The van der Waals surface area contributed by atoms with Crippen molar-refractivity contribution in [1.82, 2.24) is 5.32 Å². The molecule has 6 heteroatoms. The lowest BCUT2D eigenvalue weighted by atomic mass is 10.1. The number of nitrogens with one attached hydrogen (secondary N) is 1. The highest BCUT2D eigenvalue weighted by molar-refractivity contribution is 5.91. The van der Waals surface area contributed by atoms with Crippen molar-refractivity contribution in [3.05, 3.63) is 53.6 Å². The van der Waals surface area contributed by atoms with Gasteiger partial charge in [-0.15, -0.1) is 0 Å². The molecule has 0 fully saturated rings. The third-order valence-electron chi connectivity index (χ3n) is 3.90. The third-order valence-corrected chi connectivity index (χ3v) is 3.90. The third kappa shape index (κ3) is 3.52. The van der Waals surface area contributed by atoms with Gasteiger partial charge in [-0.1, -0.05) is 12.1 Å². The molecular weight excluding hydrogens is 322 g/mol. The van der Waals surface area contributed by atoms with Crippen LogP contribution in [0.4, 0.5) is 0 Å². The standard InChI is InChI=1S/C19H17NO5/c21-19(20-11-14-2-5-16-18(10-14)25-12-24-16)6-3-13-1-4-15-17(9-13)23-8-7-22-15/h1-6,9-10H,7-8,11-12H2,(H,20,21)/b6-3+. The Hall–Kier alpha value is -3.15. The van der Waals surface area contributed by atoms with E-state index in [1.54, 1.807) is 6.08 Å². The molecule has 0 radical (unpaired) electrons. The Morgan fingerprint density at radius 1 is 0.920 bits per heavy atom. The number of hydrogen-bond acceptors (Lipinski definition) is 5. The number of amides is 1. The average molecular weight is 339 g/mol. The van der Waals surface area contributed by atoms with Crippen LogP contribution in [0.15, 0.2) is 42.5 Å². The lowest BCUT2D eigenvalue weighted by Gasteiger charge is -2.18. The van der Waals surface area contributed by atoms with E-state index >= 15 is 0 Å². The van der Waals surface area contributed by atoms with Gasteiger partial charge in [-0.25, -0.2) is 0 Å². The SMILES string of the molecule is O=C(/C=C/c1ccc2c(c1)OCCO2)NCc1ccc2c(c1)OCO2. The molecule has 0 bridgehead atoms. The molecule has 0 aliphatic carbocycles. The molecule has 0 atom stereocenters. The maximum atomic E-state index is 12.0. The molecule has 4 rings (SSSR count). The first-order valence-electron chi connectivity index (χ1n) is 8.02. The maximum absolute atomic E-state index is 12.0. The van der Waals surface area contributed by atoms with Gasteiger partial charge in [-0.05, 0) is 41.5 Å². The average Bonchev–Trinajstić information content (AvgIpc) is 3.12. The fourth-order valence-electron chi connectivity index (χ4n) is 2.63. The zero-order valence-electron chi connectivity index (χ0n) is 13.5. The van der Waals surface area contributed by atoms with Crippen LogP contribution in [-0.2, 0) is 11.3 Å². The summed E-state index contributed by atoms with van der Waals surface area (Å²) in [5.74, 6) is 2.70. The van der Waals surface area contributed by atoms with E-state index in [1.807, 2.05) is 36.4 Å². The first kappa shape index (κ1) is 15.4. The van der Waals surface area contributed by atoms with E-state index in [0.717, 1.165) is 22.6 Å². The molecule has 1 amide bonds. The number of benzene rings is 2. The van der Waals surface area contributed by atoms with Crippen molar-refractivity contribution in [3.63, 3.8) is 0 Å². The number of ether oxygens (including phenoxy) is 4. The molecule has 0 spiro atoms. The molecule has 2 heterocycles.